The zero-order valence-corrected chi connectivity index (χ0v) is 12.3. The molecule has 0 bridgehead atoms. The first-order valence-corrected chi connectivity index (χ1v) is 7.43. The van der Waals surface area contributed by atoms with Gasteiger partial charge in [-0.3, -0.25) is 4.79 Å². The molecule has 8 nitrogen and oxygen atoms in total. The Morgan fingerprint density at radius 1 is 1.09 bits per heavy atom. The number of rotatable bonds is 2. The van der Waals surface area contributed by atoms with Gasteiger partial charge in [-0.2, -0.15) is 4.68 Å². The zero-order chi connectivity index (χ0) is 15.8. The van der Waals surface area contributed by atoms with Gasteiger partial charge in [-0.1, -0.05) is 23.4 Å². The molecule has 0 radical (unpaired) electrons. The maximum absolute atomic E-state index is 12.5. The van der Waals surface area contributed by atoms with Gasteiger partial charge < -0.3 is 4.90 Å². The number of imidazole rings is 1. The Labute approximate surface area is 131 Å². The van der Waals surface area contributed by atoms with E-state index >= 15 is 0 Å². The number of aromatic nitrogens is 5. The minimum atomic E-state index is -0.408. The number of fused-ring (bicyclic) bond motifs is 1. The van der Waals surface area contributed by atoms with Gasteiger partial charge in [0.2, 0.25) is 0 Å². The van der Waals surface area contributed by atoms with Crippen molar-refractivity contribution in [2.75, 3.05) is 13.1 Å². The van der Waals surface area contributed by atoms with Crippen LogP contribution in [0.3, 0.4) is 0 Å². The second-order valence-electron chi connectivity index (χ2n) is 5.41. The minimum Gasteiger partial charge on any atom is -0.337 e. The van der Waals surface area contributed by atoms with Crippen molar-refractivity contribution in [3.05, 3.63) is 52.8 Å². The third-order valence-corrected chi connectivity index (χ3v) is 3.96. The molecule has 3 aromatic rings. The molecule has 0 atom stereocenters. The summed E-state index contributed by atoms with van der Waals surface area (Å²) in [5, 5.41) is 7.98. The van der Waals surface area contributed by atoms with Crippen LogP contribution in [-0.2, 0) is 0 Å². The fourth-order valence-corrected chi connectivity index (χ4v) is 2.76. The topological polar surface area (TPSA) is 85.4 Å². The summed E-state index contributed by atoms with van der Waals surface area (Å²) < 4.78 is 2.43. The van der Waals surface area contributed by atoms with Crippen LogP contribution in [0.2, 0.25) is 0 Å². The van der Waals surface area contributed by atoms with E-state index in [-0.39, 0.29) is 17.2 Å². The molecular formula is C15H14N6O2. The lowest BCUT2D eigenvalue weighted by atomic mass is 10.3. The van der Waals surface area contributed by atoms with Crippen LogP contribution in [0.15, 0.2) is 41.5 Å². The predicted octanol–water partition coefficient (Wildman–Crippen LogP) is 0.511. The van der Waals surface area contributed by atoms with Gasteiger partial charge in [-0.05, 0) is 25.0 Å². The van der Waals surface area contributed by atoms with Gasteiger partial charge in [0.1, 0.15) is 6.33 Å². The molecule has 0 saturated carbocycles. The molecule has 0 N–H and O–H groups in total. The highest BCUT2D eigenvalue weighted by atomic mass is 16.2. The Morgan fingerprint density at radius 3 is 2.57 bits per heavy atom. The highest BCUT2D eigenvalue weighted by Crippen LogP contribution is 2.14. The van der Waals surface area contributed by atoms with E-state index in [2.05, 4.69) is 15.3 Å². The van der Waals surface area contributed by atoms with Crippen molar-refractivity contribution in [2.45, 2.75) is 12.8 Å². The number of hydrogen-bond acceptors (Lipinski definition) is 5. The van der Waals surface area contributed by atoms with E-state index in [0.29, 0.717) is 18.8 Å². The summed E-state index contributed by atoms with van der Waals surface area (Å²) in [5.74, 6) is -0.198. The molecule has 1 aliphatic rings. The largest absolute Gasteiger partial charge is 0.357 e. The molecule has 0 aliphatic carbocycles. The van der Waals surface area contributed by atoms with Gasteiger partial charge in [0.25, 0.3) is 5.91 Å². The summed E-state index contributed by atoms with van der Waals surface area (Å²) in [4.78, 5) is 30.8. The normalized spacial score (nSPS) is 14.5. The number of hydrogen-bond donors (Lipinski definition) is 0. The molecule has 3 heterocycles. The highest BCUT2D eigenvalue weighted by molar-refractivity contribution is 5.97. The lowest BCUT2D eigenvalue weighted by Gasteiger charge is -2.13. The summed E-state index contributed by atoms with van der Waals surface area (Å²) in [7, 11) is 0. The number of para-hydroxylation sites is 1. The van der Waals surface area contributed by atoms with Crippen molar-refractivity contribution in [1.29, 1.82) is 0 Å². The molecule has 1 amide bonds. The Morgan fingerprint density at radius 2 is 1.83 bits per heavy atom. The first kappa shape index (κ1) is 13.6. The zero-order valence-electron chi connectivity index (χ0n) is 12.3. The van der Waals surface area contributed by atoms with E-state index in [9.17, 15) is 9.59 Å². The minimum absolute atomic E-state index is 0.178. The van der Waals surface area contributed by atoms with Gasteiger partial charge >= 0.3 is 5.69 Å². The molecule has 4 rings (SSSR count). The SMILES string of the molecule is O=C(c1ncn2c(=O)n(-c3ccccc3)nnc12)N1CCCC1. The highest BCUT2D eigenvalue weighted by Gasteiger charge is 2.25. The second kappa shape index (κ2) is 5.31. The molecule has 8 heteroatoms. The third kappa shape index (κ3) is 2.19. The molecule has 1 saturated heterocycles. The molecule has 0 spiro atoms. The van der Waals surface area contributed by atoms with Crippen LogP contribution >= 0.6 is 0 Å². The van der Waals surface area contributed by atoms with Crippen LogP contribution in [0.1, 0.15) is 23.3 Å². The third-order valence-electron chi connectivity index (χ3n) is 3.96. The van der Waals surface area contributed by atoms with Crippen LogP contribution in [0.25, 0.3) is 11.3 Å². The fraction of sp³-hybridized carbons (Fsp3) is 0.267. The Hall–Kier alpha value is -3.03. The number of carbonyl (C=O) groups is 1. The quantitative estimate of drug-likeness (QED) is 0.688. The summed E-state index contributed by atoms with van der Waals surface area (Å²) >= 11 is 0. The van der Waals surface area contributed by atoms with Gasteiger partial charge in [0, 0.05) is 13.1 Å². The number of carbonyl (C=O) groups excluding carboxylic acids is 1. The van der Waals surface area contributed by atoms with Gasteiger partial charge in [0.05, 0.1) is 5.69 Å². The molecule has 1 aromatic carbocycles. The Kier molecular flexibility index (Phi) is 3.14. The Bertz CT molecular complexity index is 924. The molecule has 1 aliphatic heterocycles. The maximum atomic E-state index is 12.5. The van der Waals surface area contributed by atoms with Crippen molar-refractivity contribution < 1.29 is 4.79 Å². The number of benzene rings is 1. The molecular weight excluding hydrogens is 296 g/mol. The van der Waals surface area contributed by atoms with Crippen LogP contribution in [0, 0.1) is 0 Å². The average molecular weight is 310 g/mol. The molecule has 1 fully saturated rings. The monoisotopic (exact) mass is 310 g/mol. The number of likely N-dealkylation sites (tertiary alicyclic amines) is 1. The molecule has 23 heavy (non-hydrogen) atoms. The maximum Gasteiger partial charge on any atom is 0.357 e. The van der Waals surface area contributed by atoms with E-state index in [0.717, 1.165) is 12.8 Å². The molecule has 2 aromatic heterocycles. The van der Waals surface area contributed by atoms with Crippen LogP contribution in [-0.4, -0.2) is 48.3 Å². The van der Waals surface area contributed by atoms with Crippen LogP contribution < -0.4 is 5.69 Å². The first-order chi connectivity index (χ1) is 11.3. The predicted molar refractivity (Wildman–Crippen MR) is 81.5 cm³/mol. The van der Waals surface area contributed by atoms with Crippen molar-refractivity contribution in [3.63, 3.8) is 0 Å². The van der Waals surface area contributed by atoms with Crippen molar-refractivity contribution in [2.24, 2.45) is 0 Å². The fourth-order valence-electron chi connectivity index (χ4n) is 2.76. The van der Waals surface area contributed by atoms with E-state index < -0.39 is 5.69 Å². The first-order valence-electron chi connectivity index (χ1n) is 7.43. The van der Waals surface area contributed by atoms with Crippen molar-refractivity contribution in [1.82, 2.24) is 29.3 Å². The number of amides is 1. The van der Waals surface area contributed by atoms with Gasteiger partial charge in [0.15, 0.2) is 11.3 Å². The van der Waals surface area contributed by atoms with Crippen LogP contribution in [0.4, 0.5) is 0 Å². The van der Waals surface area contributed by atoms with Gasteiger partial charge in [-0.15, -0.1) is 5.10 Å². The smallest absolute Gasteiger partial charge is 0.337 e. The number of nitrogens with zero attached hydrogens (tertiary/aromatic N) is 6. The van der Waals surface area contributed by atoms with E-state index in [1.807, 2.05) is 18.2 Å². The van der Waals surface area contributed by atoms with Gasteiger partial charge in [-0.25, -0.2) is 14.2 Å². The van der Waals surface area contributed by atoms with Crippen molar-refractivity contribution >= 4 is 11.6 Å². The lowest BCUT2D eigenvalue weighted by molar-refractivity contribution is 0.0789. The summed E-state index contributed by atoms with van der Waals surface area (Å²) in [6.45, 7) is 1.43. The molecule has 0 unspecified atom stereocenters. The summed E-state index contributed by atoms with van der Waals surface area (Å²) in [6.07, 6.45) is 3.31. The summed E-state index contributed by atoms with van der Waals surface area (Å²) in [6, 6.07) is 8.99. The Balaban J connectivity index is 1.81. The molecule has 116 valence electrons. The summed E-state index contributed by atoms with van der Waals surface area (Å²) in [5.41, 5.74) is 0.568. The van der Waals surface area contributed by atoms with Crippen molar-refractivity contribution in [3.8, 4) is 5.69 Å². The van der Waals surface area contributed by atoms with E-state index in [1.165, 1.54) is 15.4 Å². The van der Waals surface area contributed by atoms with Crippen LogP contribution in [0.5, 0.6) is 0 Å². The average Bonchev–Trinajstić information content (AvgIpc) is 3.25. The lowest BCUT2D eigenvalue weighted by Crippen LogP contribution is -2.30. The van der Waals surface area contributed by atoms with E-state index in [4.69, 9.17) is 0 Å². The standard InChI is InChI=1S/C15H14N6O2/c22-14(19-8-4-5-9-19)12-13-17-18-21(11-6-2-1-3-7-11)15(23)20(13)10-16-12/h1-3,6-7,10H,4-5,8-9H2. The van der Waals surface area contributed by atoms with E-state index in [1.54, 1.807) is 17.0 Å². The second-order valence-corrected chi connectivity index (χ2v) is 5.41.